The monoisotopic (exact) mass is 370 g/mol. The number of carbonyl (C=O) groups is 2. The lowest BCUT2D eigenvalue weighted by molar-refractivity contribution is -0.112. The van der Waals surface area contributed by atoms with E-state index in [9.17, 15) is 14.9 Å². The molecular formula is C20H26N4O3. The van der Waals surface area contributed by atoms with Crippen LogP contribution in [0.25, 0.3) is 0 Å². The minimum Gasteiger partial charge on any atom is -0.450 e. The van der Waals surface area contributed by atoms with Crippen LogP contribution < -0.4 is 5.32 Å². The number of rotatable bonds is 4. The second kappa shape index (κ2) is 9.08. The maximum Gasteiger partial charge on any atom is 0.409 e. The van der Waals surface area contributed by atoms with Crippen LogP contribution in [0.5, 0.6) is 0 Å². The Morgan fingerprint density at radius 2 is 1.78 bits per heavy atom. The summed E-state index contributed by atoms with van der Waals surface area (Å²) >= 11 is 0. The zero-order valence-corrected chi connectivity index (χ0v) is 16.3. The lowest BCUT2D eigenvalue weighted by atomic mass is 10.0. The van der Waals surface area contributed by atoms with Crippen LogP contribution in [0, 0.1) is 32.1 Å². The molecule has 0 atom stereocenters. The van der Waals surface area contributed by atoms with Crippen LogP contribution in [0.3, 0.4) is 0 Å². The van der Waals surface area contributed by atoms with Gasteiger partial charge in [0.25, 0.3) is 5.91 Å². The van der Waals surface area contributed by atoms with Crippen LogP contribution in [0.15, 0.2) is 23.9 Å². The lowest BCUT2D eigenvalue weighted by Crippen LogP contribution is -2.47. The SMILES string of the molecule is CCOC(=O)N1CCN(/C=C(/C#N)C(=O)Nc2c(C)cc(C)cc2C)CC1. The van der Waals surface area contributed by atoms with Gasteiger partial charge in [-0.05, 0) is 38.8 Å². The minimum absolute atomic E-state index is 0.0407. The Balaban J connectivity index is 2.04. The number of hydrogen-bond acceptors (Lipinski definition) is 5. The van der Waals surface area contributed by atoms with Crippen molar-refractivity contribution in [1.82, 2.24) is 9.80 Å². The third-order valence-corrected chi connectivity index (χ3v) is 4.43. The molecule has 7 nitrogen and oxygen atoms in total. The van der Waals surface area contributed by atoms with E-state index in [2.05, 4.69) is 5.32 Å². The fourth-order valence-electron chi connectivity index (χ4n) is 3.13. The molecule has 27 heavy (non-hydrogen) atoms. The van der Waals surface area contributed by atoms with Gasteiger partial charge in [-0.15, -0.1) is 0 Å². The molecule has 1 aliphatic heterocycles. The molecule has 0 unspecified atom stereocenters. The fourth-order valence-corrected chi connectivity index (χ4v) is 3.13. The van der Waals surface area contributed by atoms with Crippen molar-refractivity contribution in [1.29, 1.82) is 5.26 Å². The summed E-state index contributed by atoms with van der Waals surface area (Å²) in [5.41, 5.74) is 3.82. The normalized spacial score (nSPS) is 14.6. The smallest absolute Gasteiger partial charge is 0.409 e. The molecule has 1 saturated heterocycles. The van der Waals surface area contributed by atoms with Gasteiger partial charge in [0.1, 0.15) is 11.6 Å². The highest BCUT2D eigenvalue weighted by Crippen LogP contribution is 2.22. The third-order valence-electron chi connectivity index (χ3n) is 4.43. The van der Waals surface area contributed by atoms with Crippen LogP contribution in [0.4, 0.5) is 10.5 Å². The van der Waals surface area contributed by atoms with Crippen molar-refractivity contribution in [2.75, 3.05) is 38.1 Å². The summed E-state index contributed by atoms with van der Waals surface area (Å²) in [6, 6.07) is 5.96. The Labute approximate surface area is 160 Å². The van der Waals surface area contributed by atoms with E-state index in [4.69, 9.17) is 4.74 Å². The molecule has 2 amide bonds. The van der Waals surface area contributed by atoms with E-state index in [1.807, 2.05) is 43.9 Å². The molecule has 1 fully saturated rings. The van der Waals surface area contributed by atoms with Crippen LogP contribution in [-0.2, 0) is 9.53 Å². The molecule has 2 rings (SSSR count). The first-order chi connectivity index (χ1) is 12.8. The molecule has 0 spiro atoms. The molecule has 7 heteroatoms. The molecule has 0 aromatic heterocycles. The second-order valence-electron chi connectivity index (χ2n) is 6.60. The van der Waals surface area contributed by atoms with E-state index in [-0.39, 0.29) is 11.7 Å². The summed E-state index contributed by atoms with van der Waals surface area (Å²) in [6.07, 6.45) is 1.24. The molecule has 1 aromatic rings. The summed E-state index contributed by atoms with van der Waals surface area (Å²) in [4.78, 5) is 27.8. The molecule has 0 radical (unpaired) electrons. The number of amides is 2. The van der Waals surface area contributed by atoms with Gasteiger partial charge in [-0.25, -0.2) is 4.79 Å². The highest BCUT2D eigenvalue weighted by Gasteiger charge is 2.22. The van der Waals surface area contributed by atoms with Crippen molar-refractivity contribution in [3.8, 4) is 6.07 Å². The number of anilines is 1. The van der Waals surface area contributed by atoms with E-state index < -0.39 is 5.91 Å². The average molecular weight is 370 g/mol. The Morgan fingerprint density at radius 3 is 2.30 bits per heavy atom. The van der Waals surface area contributed by atoms with Crippen molar-refractivity contribution < 1.29 is 14.3 Å². The van der Waals surface area contributed by atoms with Gasteiger partial charge in [-0.3, -0.25) is 4.79 Å². The maximum absolute atomic E-state index is 12.6. The number of carbonyl (C=O) groups excluding carboxylic acids is 2. The Kier molecular flexibility index (Phi) is 6.83. The minimum atomic E-state index is -0.430. The van der Waals surface area contributed by atoms with Gasteiger partial charge in [0, 0.05) is 38.1 Å². The van der Waals surface area contributed by atoms with Crippen molar-refractivity contribution >= 4 is 17.7 Å². The number of piperazine rings is 1. The summed E-state index contributed by atoms with van der Waals surface area (Å²) in [5.74, 6) is -0.430. The first kappa shape index (κ1) is 20.3. The van der Waals surface area contributed by atoms with Gasteiger partial charge in [0.2, 0.25) is 0 Å². The molecule has 144 valence electrons. The molecular weight excluding hydrogens is 344 g/mol. The number of nitriles is 1. The highest BCUT2D eigenvalue weighted by atomic mass is 16.6. The molecule has 1 aromatic carbocycles. The Hall–Kier alpha value is -3.01. The van der Waals surface area contributed by atoms with Crippen molar-refractivity contribution in [3.05, 3.63) is 40.6 Å². The lowest BCUT2D eigenvalue weighted by Gasteiger charge is -2.33. The number of hydrogen-bond donors (Lipinski definition) is 1. The molecule has 0 aliphatic carbocycles. The van der Waals surface area contributed by atoms with Gasteiger partial charge < -0.3 is 19.9 Å². The van der Waals surface area contributed by atoms with Crippen molar-refractivity contribution in [2.24, 2.45) is 0 Å². The van der Waals surface area contributed by atoms with Crippen molar-refractivity contribution in [2.45, 2.75) is 27.7 Å². The Bertz CT molecular complexity index is 764. The van der Waals surface area contributed by atoms with Gasteiger partial charge >= 0.3 is 6.09 Å². The standard InChI is InChI=1S/C20H26N4O3/c1-5-27-20(26)24-8-6-23(7-9-24)13-17(12-21)19(25)22-18-15(3)10-14(2)11-16(18)4/h10-11,13H,5-9H2,1-4H3,(H,22,25)/b17-13-. The third kappa shape index (κ3) is 5.23. The van der Waals surface area contributed by atoms with Gasteiger partial charge in [-0.2, -0.15) is 5.26 Å². The summed E-state index contributed by atoms with van der Waals surface area (Å²) in [7, 11) is 0. The van der Waals surface area contributed by atoms with Gasteiger partial charge in [-0.1, -0.05) is 17.7 Å². The number of ether oxygens (including phenoxy) is 1. The van der Waals surface area contributed by atoms with Crippen LogP contribution in [0.2, 0.25) is 0 Å². The summed E-state index contributed by atoms with van der Waals surface area (Å²) in [6.45, 7) is 10.0. The molecule has 1 heterocycles. The number of benzene rings is 1. The fraction of sp³-hybridized carbons (Fsp3) is 0.450. The summed E-state index contributed by atoms with van der Waals surface area (Å²) < 4.78 is 4.99. The van der Waals surface area contributed by atoms with E-state index in [0.29, 0.717) is 32.8 Å². The van der Waals surface area contributed by atoms with Crippen LogP contribution in [0.1, 0.15) is 23.6 Å². The van der Waals surface area contributed by atoms with E-state index in [1.54, 1.807) is 18.0 Å². The van der Waals surface area contributed by atoms with Crippen LogP contribution in [-0.4, -0.2) is 54.6 Å². The number of aryl methyl sites for hydroxylation is 3. The van der Waals surface area contributed by atoms with Crippen LogP contribution >= 0.6 is 0 Å². The molecule has 0 saturated carbocycles. The highest BCUT2D eigenvalue weighted by molar-refractivity contribution is 6.07. The topological polar surface area (TPSA) is 85.7 Å². The molecule has 1 aliphatic rings. The quantitative estimate of drug-likeness (QED) is 0.651. The number of nitrogens with one attached hydrogen (secondary N) is 1. The second-order valence-corrected chi connectivity index (χ2v) is 6.60. The molecule has 0 bridgehead atoms. The Morgan fingerprint density at radius 1 is 1.19 bits per heavy atom. The first-order valence-electron chi connectivity index (χ1n) is 9.02. The van der Waals surface area contributed by atoms with Crippen molar-refractivity contribution in [3.63, 3.8) is 0 Å². The number of nitrogens with zero attached hydrogens (tertiary/aromatic N) is 3. The maximum atomic E-state index is 12.6. The molecule has 1 N–H and O–H groups in total. The first-order valence-corrected chi connectivity index (χ1v) is 9.02. The van der Waals surface area contributed by atoms with E-state index in [0.717, 1.165) is 22.4 Å². The van der Waals surface area contributed by atoms with E-state index in [1.165, 1.54) is 0 Å². The predicted molar refractivity (Wildman–Crippen MR) is 103 cm³/mol. The summed E-state index contributed by atoms with van der Waals surface area (Å²) in [5, 5.41) is 12.3. The van der Waals surface area contributed by atoms with E-state index >= 15 is 0 Å². The van der Waals surface area contributed by atoms with Gasteiger partial charge in [0.15, 0.2) is 0 Å². The zero-order chi connectivity index (χ0) is 20.0. The predicted octanol–water partition coefficient (Wildman–Crippen LogP) is 2.73. The largest absolute Gasteiger partial charge is 0.450 e. The zero-order valence-electron chi connectivity index (χ0n) is 16.3. The average Bonchev–Trinajstić information content (AvgIpc) is 2.63. The van der Waals surface area contributed by atoms with Gasteiger partial charge in [0.05, 0.1) is 6.61 Å².